The zero-order valence-corrected chi connectivity index (χ0v) is 27.8. The van der Waals surface area contributed by atoms with E-state index in [2.05, 4.69) is 23.1 Å². The lowest BCUT2D eigenvalue weighted by Crippen LogP contribution is -2.78. The molecule has 8 rings (SSSR count). The Labute approximate surface area is 285 Å². The van der Waals surface area contributed by atoms with Gasteiger partial charge in [-0.3, -0.25) is 9.69 Å². The summed E-state index contributed by atoms with van der Waals surface area (Å²) >= 11 is 0. The summed E-state index contributed by atoms with van der Waals surface area (Å²) in [6.07, 6.45) is 4.39. The number of aliphatic hydroxyl groups is 1. The second-order valence-corrected chi connectivity index (χ2v) is 14.7. The molecule has 2 saturated carbocycles. The van der Waals surface area contributed by atoms with Crippen molar-refractivity contribution in [1.82, 2.24) is 9.80 Å². The molecule has 2 aliphatic heterocycles. The van der Waals surface area contributed by atoms with Gasteiger partial charge in [-0.15, -0.1) is 0 Å². The second kappa shape index (κ2) is 12.2. The summed E-state index contributed by atoms with van der Waals surface area (Å²) in [4.78, 5) is 18.7. The number of ether oxygens (including phenoxy) is 2. The van der Waals surface area contributed by atoms with E-state index in [1.54, 1.807) is 13.2 Å². The third-order valence-corrected chi connectivity index (χ3v) is 12.0. The van der Waals surface area contributed by atoms with E-state index in [-0.39, 0.29) is 18.0 Å². The van der Waals surface area contributed by atoms with Gasteiger partial charge < -0.3 is 19.5 Å². The van der Waals surface area contributed by atoms with Crippen LogP contribution < -0.4 is 9.47 Å². The van der Waals surface area contributed by atoms with Gasteiger partial charge >= 0.3 is 6.18 Å². The first-order valence-electron chi connectivity index (χ1n) is 17.7. The quantitative estimate of drug-likeness (QED) is 0.240. The van der Waals surface area contributed by atoms with Crippen molar-refractivity contribution in [1.29, 1.82) is 0 Å². The Morgan fingerprint density at radius 3 is 2.65 bits per heavy atom. The molecule has 3 aliphatic carbocycles. The van der Waals surface area contributed by atoms with Crippen LogP contribution in [0.25, 0.3) is 6.08 Å². The van der Waals surface area contributed by atoms with Gasteiger partial charge in [0.05, 0.1) is 29.7 Å². The molecule has 2 bridgehead atoms. The molecule has 6 nitrogen and oxygen atoms in total. The molecule has 1 N–H and O–H groups in total. The molecule has 3 aromatic rings. The summed E-state index contributed by atoms with van der Waals surface area (Å²) in [5, 5.41) is 13.0. The number of hydrogen-bond acceptors (Lipinski definition) is 5. The molecule has 0 aromatic heterocycles. The topological polar surface area (TPSA) is 62.2 Å². The predicted molar refractivity (Wildman–Crippen MR) is 180 cm³/mol. The zero-order valence-electron chi connectivity index (χ0n) is 27.8. The first kappa shape index (κ1) is 32.4. The van der Waals surface area contributed by atoms with Gasteiger partial charge in [0.2, 0.25) is 5.91 Å². The van der Waals surface area contributed by atoms with Crippen molar-refractivity contribution < 1.29 is 32.5 Å². The highest BCUT2D eigenvalue weighted by atomic mass is 19.4. The molecule has 0 unspecified atom stereocenters. The van der Waals surface area contributed by atoms with E-state index in [0.29, 0.717) is 55.2 Å². The minimum absolute atomic E-state index is 0.0382. The summed E-state index contributed by atoms with van der Waals surface area (Å²) in [6, 6.07) is 18.8. The van der Waals surface area contributed by atoms with E-state index in [9.17, 15) is 23.1 Å². The number of nitrogens with zero attached hydrogens (tertiary/aromatic N) is 2. The van der Waals surface area contributed by atoms with Gasteiger partial charge in [-0.2, -0.15) is 13.2 Å². The summed E-state index contributed by atoms with van der Waals surface area (Å²) in [5.74, 6) is 1.73. The Balaban J connectivity index is 1.16. The third-order valence-electron chi connectivity index (χ3n) is 12.0. The molecule has 1 spiro atoms. The van der Waals surface area contributed by atoms with Gasteiger partial charge in [0, 0.05) is 30.8 Å². The van der Waals surface area contributed by atoms with E-state index in [4.69, 9.17) is 9.47 Å². The maximum atomic E-state index is 14.3. The van der Waals surface area contributed by atoms with E-state index >= 15 is 0 Å². The van der Waals surface area contributed by atoms with Crippen LogP contribution in [0.2, 0.25) is 0 Å². The van der Waals surface area contributed by atoms with Crippen molar-refractivity contribution in [3.05, 3.63) is 101 Å². The number of aryl methyl sites for hydroxylation is 1. The SMILES string of the molecule is COc1ccc2c3c1O[C@H]1[C@H](N(CCCc4ccccc4)C(=O)C=Cc4cccc(C(F)(F)F)c4)CC[C@@]4(O)[C@@H](C2)N(CC2CC2)CC[C@]314. The molecule has 1 amide bonds. The molecule has 5 aliphatic rings. The summed E-state index contributed by atoms with van der Waals surface area (Å²) in [6.45, 7) is 2.29. The Morgan fingerprint density at radius 1 is 1.08 bits per heavy atom. The first-order valence-corrected chi connectivity index (χ1v) is 17.7. The van der Waals surface area contributed by atoms with Gasteiger partial charge in [0.25, 0.3) is 0 Å². The lowest BCUT2D eigenvalue weighted by Gasteiger charge is -2.65. The molecule has 1 saturated heterocycles. The van der Waals surface area contributed by atoms with Gasteiger partial charge in [0.15, 0.2) is 11.5 Å². The average Bonchev–Trinajstić information content (AvgIpc) is 3.84. The van der Waals surface area contributed by atoms with Crippen LogP contribution in [0.15, 0.2) is 72.8 Å². The van der Waals surface area contributed by atoms with Crippen molar-refractivity contribution in [2.75, 3.05) is 26.7 Å². The normalized spacial score (nSPS) is 28.6. The number of piperidine rings is 1. The van der Waals surface area contributed by atoms with Gasteiger partial charge in [0.1, 0.15) is 6.10 Å². The van der Waals surface area contributed by atoms with Crippen LogP contribution in [0.4, 0.5) is 13.2 Å². The molecular formula is C40H43F3N2O4. The Kier molecular flexibility index (Phi) is 8.06. The maximum Gasteiger partial charge on any atom is 0.416 e. The highest BCUT2D eigenvalue weighted by Gasteiger charge is 2.73. The van der Waals surface area contributed by atoms with Gasteiger partial charge in [-0.1, -0.05) is 48.5 Å². The number of halogens is 3. The molecule has 5 atom stereocenters. The molecular weight excluding hydrogens is 629 g/mol. The van der Waals surface area contributed by atoms with Crippen molar-refractivity contribution in [3.8, 4) is 11.5 Å². The second-order valence-electron chi connectivity index (χ2n) is 14.7. The number of methoxy groups -OCH3 is 1. The largest absolute Gasteiger partial charge is 0.493 e. The average molecular weight is 673 g/mol. The Morgan fingerprint density at radius 2 is 1.90 bits per heavy atom. The fraction of sp³-hybridized carbons (Fsp3) is 0.475. The van der Waals surface area contributed by atoms with E-state index in [1.165, 1.54) is 42.2 Å². The fourth-order valence-electron chi connectivity index (χ4n) is 9.54. The number of carbonyl (C=O) groups excluding carboxylic acids is 1. The molecule has 9 heteroatoms. The van der Waals surface area contributed by atoms with E-state index in [1.807, 2.05) is 29.2 Å². The van der Waals surface area contributed by atoms with Crippen molar-refractivity contribution >= 4 is 12.0 Å². The smallest absolute Gasteiger partial charge is 0.416 e. The number of hydrogen-bond donors (Lipinski definition) is 1. The van der Waals surface area contributed by atoms with Crippen LogP contribution in [0.1, 0.15) is 66.3 Å². The summed E-state index contributed by atoms with van der Waals surface area (Å²) in [7, 11) is 1.63. The van der Waals surface area contributed by atoms with Crippen LogP contribution in [0.5, 0.6) is 11.5 Å². The molecule has 49 heavy (non-hydrogen) atoms. The van der Waals surface area contributed by atoms with E-state index in [0.717, 1.165) is 43.6 Å². The van der Waals surface area contributed by atoms with Crippen LogP contribution >= 0.6 is 0 Å². The highest BCUT2D eigenvalue weighted by molar-refractivity contribution is 5.92. The number of rotatable bonds is 10. The monoisotopic (exact) mass is 672 g/mol. The zero-order chi connectivity index (χ0) is 34.0. The third kappa shape index (κ3) is 5.44. The van der Waals surface area contributed by atoms with Crippen LogP contribution in [0.3, 0.4) is 0 Å². The van der Waals surface area contributed by atoms with E-state index < -0.39 is 28.9 Å². The minimum Gasteiger partial charge on any atom is -0.493 e. The molecule has 3 aromatic carbocycles. The molecule has 2 heterocycles. The van der Waals surface area contributed by atoms with Gasteiger partial charge in [-0.25, -0.2) is 0 Å². The highest BCUT2D eigenvalue weighted by Crippen LogP contribution is 2.66. The number of likely N-dealkylation sites (tertiary alicyclic amines) is 1. The number of amides is 1. The van der Waals surface area contributed by atoms with Crippen LogP contribution in [-0.4, -0.2) is 71.3 Å². The summed E-state index contributed by atoms with van der Waals surface area (Å²) < 4.78 is 53.1. The number of alkyl halides is 3. The molecule has 0 radical (unpaired) electrons. The number of benzene rings is 3. The number of carbonyl (C=O) groups is 1. The lowest BCUT2D eigenvalue weighted by atomic mass is 9.48. The van der Waals surface area contributed by atoms with Gasteiger partial charge in [-0.05, 0) is 105 Å². The predicted octanol–water partition coefficient (Wildman–Crippen LogP) is 6.82. The molecule has 258 valence electrons. The van der Waals surface area contributed by atoms with Crippen LogP contribution in [0, 0.1) is 5.92 Å². The van der Waals surface area contributed by atoms with Crippen molar-refractivity contribution in [2.24, 2.45) is 5.92 Å². The lowest BCUT2D eigenvalue weighted by molar-refractivity contribution is -0.201. The minimum atomic E-state index is -4.48. The molecule has 3 fully saturated rings. The first-order chi connectivity index (χ1) is 23.6. The Bertz CT molecular complexity index is 1760. The standard InChI is InChI=1S/C40H43F3N2O4/c1-48-32-16-15-29-24-33-39(47)19-18-31(37-38(39,35(29)36(32)49-37)20-22-44(33)25-28-12-13-28)45(21-6-10-26-7-3-2-4-8-26)34(46)17-14-27-9-5-11-30(23-27)40(41,42)43/h2-5,7-9,11,14-17,23,28,31,33,37,47H,6,10,12-13,18-22,24-25H2,1H3/t31-,33-,37+,38+,39-/m1/s1. The van der Waals surface area contributed by atoms with Crippen LogP contribution in [-0.2, 0) is 29.2 Å². The maximum absolute atomic E-state index is 14.3. The van der Waals surface area contributed by atoms with Crippen molar-refractivity contribution in [2.45, 2.75) is 86.7 Å². The summed E-state index contributed by atoms with van der Waals surface area (Å²) in [5.41, 5.74) is 1.21. The Hall–Kier alpha value is -3.82. The van der Waals surface area contributed by atoms with Crippen molar-refractivity contribution in [3.63, 3.8) is 0 Å². The fourth-order valence-corrected chi connectivity index (χ4v) is 9.54.